The van der Waals surface area contributed by atoms with Gasteiger partial charge in [-0.15, -0.1) is 0 Å². The maximum absolute atomic E-state index is 9.43. The molecule has 0 spiro atoms. The van der Waals surface area contributed by atoms with Crippen LogP contribution >= 0.6 is 22.6 Å². The Morgan fingerprint density at radius 3 is 2.24 bits per heavy atom. The molecular weight excluding hydrogens is 375 g/mol. The zero-order valence-electron chi connectivity index (χ0n) is 12.6. The van der Waals surface area contributed by atoms with E-state index in [0.29, 0.717) is 0 Å². The van der Waals surface area contributed by atoms with Gasteiger partial charge in [-0.2, -0.15) is 0 Å². The summed E-state index contributed by atoms with van der Waals surface area (Å²) in [6.45, 7) is 2.06. The molecule has 0 aliphatic heterocycles. The van der Waals surface area contributed by atoms with Crippen LogP contribution in [-0.2, 0) is 6.42 Å². The second kappa shape index (κ2) is 10.6. The number of hydrogen-bond donors (Lipinski definition) is 1. The van der Waals surface area contributed by atoms with Crippen LogP contribution in [0.1, 0.15) is 17.5 Å². The Bertz CT molecular complexity index is 500. The van der Waals surface area contributed by atoms with Crippen molar-refractivity contribution in [2.24, 2.45) is 0 Å². The number of ether oxygens (including phenoxy) is 1. The number of halogens is 1. The predicted octanol–water partition coefficient (Wildman–Crippen LogP) is 4.42. The molecule has 0 saturated carbocycles. The number of rotatable bonds is 6. The summed E-state index contributed by atoms with van der Waals surface area (Å²) in [6.07, 6.45) is 1.58. The molecular formula is C18H23IO2. The standard InChI is InChI=1S/C17H20O2.CH3I/c1-14-7-5-6-10-17(14)19-16(13-18)12-11-15-8-3-2-4-9-15;1-2/h2-10,16,18H,11-13H2,1H3;1H3. The summed E-state index contributed by atoms with van der Waals surface area (Å²) in [5.41, 5.74) is 2.37. The summed E-state index contributed by atoms with van der Waals surface area (Å²) in [7, 11) is 0. The average Bonchev–Trinajstić information content (AvgIpc) is 2.56. The maximum atomic E-state index is 9.43. The van der Waals surface area contributed by atoms with E-state index in [4.69, 9.17) is 4.74 Å². The number of alkyl halides is 1. The van der Waals surface area contributed by atoms with E-state index in [9.17, 15) is 5.11 Å². The third-order valence-corrected chi connectivity index (χ3v) is 3.19. The van der Waals surface area contributed by atoms with Gasteiger partial charge in [0.1, 0.15) is 11.9 Å². The van der Waals surface area contributed by atoms with Crippen LogP contribution in [0.5, 0.6) is 5.75 Å². The molecule has 0 heterocycles. The molecule has 3 heteroatoms. The molecule has 0 aliphatic rings. The quantitative estimate of drug-likeness (QED) is 0.577. The topological polar surface area (TPSA) is 29.5 Å². The third kappa shape index (κ3) is 6.48. The fourth-order valence-corrected chi connectivity index (χ4v) is 2.03. The van der Waals surface area contributed by atoms with Crippen molar-refractivity contribution < 1.29 is 9.84 Å². The van der Waals surface area contributed by atoms with Gasteiger partial charge in [-0.25, -0.2) is 0 Å². The Labute approximate surface area is 141 Å². The number of benzene rings is 2. The summed E-state index contributed by atoms with van der Waals surface area (Å²) in [6, 6.07) is 18.2. The SMILES string of the molecule is CI.Cc1ccccc1OC(CO)CCc1ccccc1. The number of aliphatic hydroxyl groups excluding tert-OH is 1. The first-order valence-electron chi connectivity index (χ1n) is 7.04. The van der Waals surface area contributed by atoms with E-state index in [1.54, 1.807) is 0 Å². The normalized spacial score (nSPS) is 11.2. The van der Waals surface area contributed by atoms with Crippen LogP contribution in [0.4, 0.5) is 0 Å². The number of aryl methyl sites for hydroxylation is 2. The first-order chi connectivity index (χ1) is 10.3. The number of hydrogen-bond acceptors (Lipinski definition) is 2. The lowest BCUT2D eigenvalue weighted by atomic mass is 10.1. The molecule has 0 aliphatic carbocycles. The van der Waals surface area contributed by atoms with Gasteiger partial charge in [-0.05, 0) is 41.9 Å². The van der Waals surface area contributed by atoms with Crippen LogP contribution < -0.4 is 4.74 Å². The monoisotopic (exact) mass is 398 g/mol. The van der Waals surface area contributed by atoms with Gasteiger partial charge in [-0.1, -0.05) is 71.1 Å². The summed E-state index contributed by atoms with van der Waals surface area (Å²) in [5, 5.41) is 9.43. The largest absolute Gasteiger partial charge is 0.488 e. The van der Waals surface area contributed by atoms with Crippen molar-refractivity contribution in [2.75, 3.05) is 11.5 Å². The van der Waals surface area contributed by atoms with E-state index >= 15 is 0 Å². The Kier molecular flexibility index (Phi) is 9.10. The highest BCUT2D eigenvalue weighted by Crippen LogP contribution is 2.19. The van der Waals surface area contributed by atoms with Gasteiger partial charge in [-0.3, -0.25) is 0 Å². The number of aliphatic hydroxyl groups is 1. The molecule has 2 rings (SSSR count). The molecule has 0 aromatic heterocycles. The van der Waals surface area contributed by atoms with Gasteiger partial charge in [0.05, 0.1) is 6.61 Å². The van der Waals surface area contributed by atoms with Crippen molar-refractivity contribution in [3.05, 3.63) is 65.7 Å². The smallest absolute Gasteiger partial charge is 0.122 e. The number of para-hydroxylation sites is 1. The van der Waals surface area contributed by atoms with Crippen LogP contribution in [0, 0.1) is 6.92 Å². The summed E-state index contributed by atoms with van der Waals surface area (Å²) in [4.78, 5) is 1.97. The van der Waals surface area contributed by atoms with Crippen LogP contribution in [0.2, 0.25) is 0 Å². The van der Waals surface area contributed by atoms with E-state index in [1.807, 2.05) is 54.3 Å². The van der Waals surface area contributed by atoms with Gasteiger partial charge in [0, 0.05) is 0 Å². The highest BCUT2D eigenvalue weighted by molar-refractivity contribution is 14.1. The van der Waals surface area contributed by atoms with Crippen LogP contribution in [0.25, 0.3) is 0 Å². The first kappa shape index (κ1) is 18.0. The Morgan fingerprint density at radius 2 is 1.62 bits per heavy atom. The fourth-order valence-electron chi connectivity index (χ4n) is 2.03. The van der Waals surface area contributed by atoms with Crippen molar-refractivity contribution in [3.63, 3.8) is 0 Å². The Hall–Kier alpha value is -1.07. The van der Waals surface area contributed by atoms with Gasteiger partial charge in [0.2, 0.25) is 0 Å². The molecule has 0 saturated heterocycles. The molecule has 2 aromatic rings. The Morgan fingerprint density at radius 1 is 1.00 bits per heavy atom. The second-order valence-electron chi connectivity index (χ2n) is 4.71. The van der Waals surface area contributed by atoms with Gasteiger partial charge < -0.3 is 9.84 Å². The minimum absolute atomic E-state index is 0.0428. The lowest BCUT2D eigenvalue weighted by Crippen LogP contribution is -2.22. The molecule has 1 N–H and O–H groups in total. The molecule has 21 heavy (non-hydrogen) atoms. The second-order valence-corrected chi connectivity index (χ2v) is 4.71. The average molecular weight is 398 g/mol. The predicted molar refractivity (Wildman–Crippen MR) is 97.4 cm³/mol. The van der Waals surface area contributed by atoms with Gasteiger partial charge in [0.15, 0.2) is 0 Å². The zero-order chi connectivity index (χ0) is 15.5. The molecule has 2 nitrogen and oxygen atoms in total. The van der Waals surface area contributed by atoms with Crippen molar-refractivity contribution in [1.29, 1.82) is 0 Å². The third-order valence-electron chi connectivity index (χ3n) is 3.19. The van der Waals surface area contributed by atoms with Crippen molar-refractivity contribution in [2.45, 2.75) is 25.9 Å². The lowest BCUT2D eigenvalue weighted by molar-refractivity contribution is 0.108. The Balaban J connectivity index is 0.00000106. The molecule has 114 valence electrons. The molecule has 0 fully saturated rings. The minimum Gasteiger partial charge on any atom is -0.488 e. The molecule has 2 aromatic carbocycles. The highest BCUT2D eigenvalue weighted by Gasteiger charge is 2.10. The molecule has 1 unspecified atom stereocenters. The van der Waals surface area contributed by atoms with E-state index in [0.717, 1.165) is 24.2 Å². The van der Waals surface area contributed by atoms with E-state index in [-0.39, 0.29) is 12.7 Å². The van der Waals surface area contributed by atoms with Crippen LogP contribution in [0.15, 0.2) is 54.6 Å². The minimum atomic E-state index is -0.152. The molecule has 1 atom stereocenters. The first-order valence-corrected chi connectivity index (χ1v) is 9.20. The van der Waals surface area contributed by atoms with Crippen LogP contribution in [0.3, 0.4) is 0 Å². The van der Waals surface area contributed by atoms with E-state index < -0.39 is 0 Å². The molecule has 0 amide bonds. The maximum Gasteiger partial charge on any atom is 0.122 e. The van der Waals surface area contributed by atoms with E-state index in [1.165, 1.54) is 5.56 Å². The summed E-state index contributed by atoms with van der Waals surface area (Å²) >= 11 is 2.15. The highest BCUT2D eigenvalue weighted by atomic mass is 127. The fraction of sp³-hybridized carbons (Fsp3) is 0.333. The van der Waals surface area contributed by atoms with Crippen molar-refractivity contribution >= 4 is 22.6 Å². The lowest BCUT2D eigenvalue weighted by Gasteiger charge is -2.18. The zero-order valence-corrected chi connectivity index (χ0v) is 14.8. The molecule has 0 bridgehead atoms. The molecule has 0 radical (unpaired) electrons. The summed E-state index contributed by atoms with van der Waals surface area (Å²) in [5.74, 6) is 0.856. The van der Waals surface area contributed by atoms with Crippen molar-refractivity contribution in [1.82, 2.24) is 0 Å². The van der Waals surface area contributed by atoms with Gasteiger partial charge >= 0.3 is 0 Å². The van der Waals surface area contributed by atoms with Crippen molar-refractivity contribution in [3.8, 4) is 5.75 Å². The van der Waals surface area contributed by atoms with Gasteiger partial charge in [0.25, 0.3) is 0 Å². The summed E-state index contributed by atoms with van der Waals surface area (Å²) < 4.78 is 5.87. The van der Waals surface area contributed by atoms with Crippen LogP contribution in [-0.4, -0.2) is 22.7 Å². The van der Waals surface area contributed by atoms with E-state index in [2.05, 4.69) is 34.7 Å².